The number of rotatable bonds is 7. The van der Waals surface area contributed by atoms with Crippen LogP contribution in [0, 0.1) is 0 Å². The first-order chi connectivity index (χ1) is 16.8. The van der Waals surface area contributed by atoms with Crippen molar-refractivity contribution in [1.82, 2.24) is 9.80 Å². The first kappa shape index (κ1) is 23.1. The van der Waals surface area contributed by atoms with Crippen molar-refractivity contribution in [2.24, 2.45) is 0 Å². The normalized spacial score (nSPS) is 15.5. The first-order valence-electron chi connectivity index (χ1n) is 12.1. The van der Waals surface area contributed by atoms with Gasteiger partial charge in [0.2, 0.25) is 5.76 Å². The van der Waals surface area contributed by atoms with Crippen molar-refractivity contribution in [3.63, 3.8) is 0 Å². The van der Waals surface area contributed by atoms with Gasteiger partial charge in [0.05, 0.1) is 23.1 Å². The Morgan fingerprint density at radius 2 is 1.80 bits per heavy atom. The van der Waals surface area contributed by atoms with Gasteiger partial charge in [0.15, 0.2) is 5.43 Å². The van der Waals surface area contributed by atoms with Gasteiger partial charge in [-0.3, -0.25) is 9.59 Å². The molecule has 35 heavy (non-hydrogen) atoms. The van der Waals surface area contributed by atoms with Crippen LogP contribution in [0.25, 0.3) is 21.7 Å². The Labute approximate surface area is 204 Å². The van der Waals surface area contributed by atoms with Gasteiger partial charge >= 0.3 is 0 Å². The molecule has 0 saturated heterocycles. The number of benzene rings is 3. The molecule has 5 rings (SSSR count). The Kier molecular flexibility index (Phi) is 6.07. The van der Waals surface area contributed by atoms with Crippen molar-refractivity contribution in [2.75, 3.05) is 27.2 Å². The zero-order valence-electron chi connectivity index (χ0n) is 20.6. The molecule has 0 radical (unpaired) electrons. The van der Waals surface area contributed by atoms with Crippen molar-refractivity contribution in [3.05, 3.63) is 87.8 Å². The number of hydrogen-bond acceptors (Lipinski definition) is 5. The van der Waals surface area contributed by atoms with Crippen LogP contribution in [0.15, 0.2) is 69.9 Å². The van der Waals surface area contributed by atoms with Crippen molar-refractivity contribution in [3.8, 4) is 5.75 Å². The minimum absolute atomic E-state index is 0.0150. The lowest BCUT2D eigenvalue weighted by Gasteiger charge is -2.26. The fourth-order valence-corrected chi connectivity index (χ4v) is 4.91. The number of hydrogen-bond donors (Lipinski definition) is 0. The highest BCUT2D eigenvalue weighted by molar-refractivity contribution is 6.06. The van der Waals surface area contributed by atoms with Crippen molar-refractivity contribution < 1.29 is 13.9 Å². The molecule has 180 valence electrons. The monoisotopic (exact) mass is 470 g/mol. The standard InChI is InChI=1S/C29H30N2O4/c1-18(2)34-21-11-7-10-20(17-21)25-24-26(32)23-14-13-19-9-5-6-12-22(19)27(23)35-28(24)29(33)31(25)16-8-15-30(3)4/h5-7,9-14,17-18,25H,8,15-16H2,1-4H3. The minimum atomic E-state index is -0.525. The van der Waals surface area contributed by atoms with E-state index in [0.717, 1.165) is 29.3 Å². The maximum Gasteiger partial charge on any atom is 0.290 e. The molecule has 4 aromatic rings. The Morgan fingerprint density at radius 1 is 1.00 bits per heavy atom. The Morgan fingerprint density at radius 3 is 2.57 bits per heavy atom. The van der Waals surface area contributed by atoms with Crippen LogP contribution in [0.3, 0.4) is 0 Å². The second-order valence-electron chi connectivity index (χ2n) is 9.63. The highest BCUT2D eigenvalue weighted by Gasteiger charge is 2.42. The molecule has 6 heteroatoms. The summed E-state index contributed by atoms with van der Waals surface area (Å²) in [6, 6.07) is 18.6. The van der Waals surface area contributed by atoms with Crippen molar-refractivity contribution >= 4 is 27.6 Å². The molecule has 1 aliphatic rings. The quantitative estimate of drug-likeness (QED) is 0.346. The molecule has 1 unspecified atom stereocenters. The molecule has 0 fully saturated rings. The molecule has 1 amide bonds. The highest BCUT2D eigenvalue weighted by atomic mass is 16.5. The SMILES string of the molecule is CC(C)Oc1cccc(C2c3c(oc4c(ccc5ccccc54)c3=O)C(=O)N2CCCN(C)C)c1. The summed E-state index contributed by atoms with van der Waals surface area (Å²) in [6.45, 7) is 5.29. The number of fused-ring (bicyclic) bond motifs is 4. The van der Waals surface area contributed by atoms with Gasteiger partial charge < -0.3 is 19.0 Å². The molecule has 0 spiro atoms. The second-order valence-corrected chi connectivity index (χ2v) is 9.63. The molecule has 1 atom stereocenters. The molecule has 0 bridgehead atoms. The predicted octanol–water partition coefficient (Wildman–Crippen LogP) is 5.23. The summed E-state index contributed by atoms with van der Waals surface area (Å²) in [6.07, 6.45) is 0.795. The summed E-state index contributed by atoms with van der Waals surface area (Å²) < 4.78 is 12.2. The molecular weight excluding hydrogens is 440 g/mol. The van der Waals surface area contributed by atoms with E-state index in [9.17, 15) is 9.59 Å². The van der Waals surface area contributed by atoms with E-state index in [1.54, 1.807) is 11.0 Å². The van der Waals surface area contributed by atoms with Crippen molar-refractivity contribution in [1.29, 1.82) is 0 Å². The van der Waals surface area contributed by atoms with Gasteiger partial charge in [-0.05, 0) is 70.1 Å². The van der Waals surface area contributed by atoms with Crippen LogP contribution in [-0.2, 0) is 0 Å². The summed E-state index contributed by atoms with van der Waals surface area (Å²) in [4.78, 5) is 31.5. The molecule has 3 aromatic carbocycles. The summed E-state index contributed by atoms with van der Waals surface area (Å²) in [5, 5.41) is 2.28. The fourth-order valence-electron chi connectivity index (χ4n) is 4.91. The Bertz CT molecular complexity index is 1470. The van der Waals surface area contributed by atoms with E-state index in [4.69, 9.17) is 9.15 Å². The predicted molar refractivity (Wildman–Crippen MR) is 138 cm³/mol. The van der Waals surface area contributed by atoms with Crippen LogP contribution in [0.1, 0.15) is 48.0 Å². The van der Waals surface area contributed by atoms with E-state index < -0.39 is 6.04 Å². The van der Waals surface area contributed by atoms with Gasteiger partial charge in [0.25, 0.3) is 5.91 Å². The highest BCUT2D eigenvalue weighted by Crippen LogP contribution is 2.40. The minimum Gasteiger partial charge on any atom is -0.491 e. The lowest BCUT2D eigenvalue weighted by molar-refractivity contribution is 0.0722. The third-order valence-corrected chi connectivity index (χ3v) is 6.41. The number of nitrogens with zero attached hydrogens (tertiary/aromatic N) is 2. The molecule has 2 heterocycles. The first-order valence-corrected chi connectivity index (χ1v) is 12.1. The maximum atomic E-state index is 13.9. The zero-order valence-corrected chi connectivity index (χ0v) is 20.6. The summed E-state index contributed by atoms with van der Waals surface area (Å²) in [7, 11) is 4.02. The van der Waals surface area contributed by atoms with E-state index in [1.807, 2.05) is 82.5 Å². The van der Waals surface area contributed by atoms with E-state index in [2.05, 4.69) is 4.90 Å². The Hall–Kier alpha value is -3.64. The van der Waals surface area contributed by atoms with Gasteiger partial charge in [-0.1, -0.05) is 42.5 Å². The number of carbonyl (C=O) groups excluding carboxylic acids is 1. The summed E-state index contributed by atoms with van der Waals surface area (Å²) in [5.74, 6) is 0.609. The molecule has 0 saturated carbocycles. The largest absolute Gasteiger partial charge is 0.491 e. The molecule has 6 nitrogen and oxygen atoms in total. The summed E-state index contributed by atoms with van der Waals surface area (Å²) >= 11 is 0. The van der Waals surface area contributed by atoms with Gasteiger partial charge in [-0.2, -0.15) is 0 Å². The average Bonchev–Trinajstić information content (AvgIpc) is 3.10. The van der Waals surface area contributed by atoms with Crippen LogP contribution in [0.2, 0.25) is 0 Å². The zero-order chi connectivity index (χ0) is 24.7. The van der Waals surface area contributed by atoms with Gasteiger partial charge in [-0.15, -0.1) is 0 Å². The molecule has 0 N–H and O–H groups in total. The second kappa shape index (κ2) is 9.19. The average molecular weight is 471 g/mol. The molecular formula is C29H30N2O4. The van der Waals surface area contributed by atoms with E-state index in [1.165, 1.54) is 0 Å². The third kappa shape index (κ3) is 4.19. The van der Waals surface area contributed by atoms with Gasteiger partial charge in [-0.25, -0.2) is 0 Å². The van der Waals surface area contributed by atoms with Crippen LogP contribution >= 0.6 is 0 Å². The van der Waals surface area contributed by atoms with Crippen LogP contribution in [0.5, 0.6) is 5.75 Å². The lowest BCUT2D eigenvalue weighted by Crippen LogP contribution is -2.32. The lowest BCUT2D eigenvalue weighted by atomic mass is 9.97. The topological polar surface area (TPSA) is 63.0 Å². The summed E-state index contributed by atoms with van der Waals surface area (Å²) in [5.41, 5.74) is 1.55. The van der Waals surface area contributed by atoms with Crippen LogP contribution in [-0.4, -0.2) is 49.0 Å². The molecule has 0 aliphatic carbocycles. The van der Waals surface area contributed by atoms with Crippen LogP contribution < -0.4 is 10.2 Å². The Balaban J connectivity index is 1.70. The van der Waals surface area contributed by atoms with Gasteiger partial charge in [0.1, 0.15) is 11.3 Å². The smallest absolute Gasteiger partial charge is 0.290 e. The van der Waals surface area contributed by atoms with Crippen LogP contribution in [0.4, 0.5) is 0 Å². The molecule has 1 aliphatic heterocycles. The van der Waals surface area contributed by atoms with Gasteiger partial charge in [0, 0.05) is 11.9 Å². The number of amides is 1. The third-order valence-electron chi connectivity index (χ3n) is 6.41. The maximum absolute atomic E-state index is 13.9. The van der Waals surface area contributed by atoms with Crippen molar-refractivity contribution in [2.45, 2.75) is 32.4 Å². The van der Waals surface area contributed by atoms with E-state index in [0.29, 0.717) is 28.8 Å². The fraction of sp³-hybridized carbons (Fsp3) is 0.310. The number of carbonyl (C=O) groups is 1. The number of ether oxygens (including phenoxy) is 1. The molecule has 1 aromatic heterocycles. The van der Waals surface area contributed by atoms with E-state index >= 15 is 0 Å². The van der Waals surface area contributed by atoms with E-state index in [-0.39, 0.29) is 23.2 Å².